The fourth-order valence-electron chi connectivity index (χ4n) is 1.82. The first-order valence-electron chi connectivity index (χ1n) is 5.74. The lowest BCUT2D eigenvalue weighted by Crippen LogP contribution is -2.47. The third kappa shape index (κ3) is 4.89. The molecule has 3 nitrogen and oxygen atoms in total. The topological polar surface area (TPSA) is 41.1 Å². The molecule has 1 rings (SSSR count). The van der Waals surface area contributed by atoms with Crippen LogP contribution in [0.4, 0.5) is 0 Å². The molecule has 2 N–H and O–H groups in total. The van der Waals surface area contributed by atoms with Crippen molar-refractivity contribution in [2.75, 3.05) is 25.1 Å². The molecule has 1 aliphatic heterocycles. The molecule has 2 unspecified atom stereocenters. The number of thioether (sulfide) groups is 1. The van der Waals surface area contributed by atoms with Crippen molar-refractivity contribution in [2.24, 2.45) is 5.92 Å². The van der Waals surface area contributed by atoms with Crippen LogP contribution in [0, 0.1) is 5.92 Å². The van der Waals surface area contributed by atoms with E-state index >= 15 is 0 Å². The number of hydrogen-bond donors (Lipinski definition) is 2. The molecule has 0 aromatic rings. The van der Waals surface area contributed by atoms with Crippen LogP contribution in [0.2, 0.25) is 0 Å². The van der Waals surface area contributed by atoms with E-state index in [9.17, 15) is 4.79 Å². The van der Waals surface area contributed by atoms with Gasteiger partial charge in [-0.05, 0) is 37.3 Å². The summed E-state index contributed by atoms with van der Waals surface area (Å²) < 4.78 is 0. The highest BCUT2D eigenvalue weighted by molar-refractivity contribution is 7.98. The van der Waals surface area contributed by atoms with Crippen molar-refractivity contribution in [3.05, 3.63) is 0 Å². The summed E-state index contributed by atoms with van der Waals surface area (Å²) >= 11 is 1.83. The Morgan fingerprint density at radius 3 is 3.00 bits per heavy atom. The van der Waals surface area contributed by atoms with E-state index in [2.05, 4.69) is 23.8 Å². The van der Waals surface area contributed by atoms with Gasteiger partial charge >= 0.3 is 0 Å². The van der Waals surface area contributed by atoms with Gasteiger partial charge in [0, 0.05) is 6.54 Å². The van der Waals surface area contributed by atoms with Gasteiger partial charge in [0.2, 0.25) is 5.91 Å². The second-order valence-corrected chi connectivity index (χ2v) is 5.22. The lowest BCUT2D eigenvalue weighted by Gasteiger charge is -2.23. The molecule has 1 saturated heterocycles. The van der Waals surface area contributed by atoms with Crippen molar-refractivity contribution in [2.45, 2.75) is 32.2 Å². The van der Waals surface area contributed by atoms with E-state index < -0.39 is 0 Å². The van der Waals surface area contributed by atoms with Gasteiger partial charge in [-0.3, -0.25) is 4.79 Å². The second-order valence-electron chi connectivity index (χ2n) is 4.31. The maximum atomic E-state index is 11.7. The summed E-state index contributed by atoms with van der Waals surface area (Å²) in [6.07, 6.45) is 5.46. The van der Waals surface area contributed by atoms with Crippen LogP contribution < -0.4 is 10.6 Å². The summed E-state index contributed by atoms with van der Waals surface area (Å²) in [6, 6.07) is 0.0558. The van der Waals surface area contributed by atoms with Gasteiger partial charge in [-0.1, -0.05) is 13.3 Å². The van der Waals surface area contributed by atoms with Crippen LogP contribution in [0.3, 0.4) is 0 Å². The number of hydrogen-bond acceptors (Lipinski definition) is 3. The zero-order valence-corrected chi connectivity index (χ0v) is 10.5. The average molecular weight is 230 g/mol. The van der Waals surface area contributed by atoms with Crippen LogP contribution in [0.5, 0.6) is 0 Å². The van der Waals surface area contributed by atoms with Crippen LogP contribution in [0.25, 0.3) is 0 Å². The number of amides is 1. The molecule has 0 aromatic heterocycles. The number of piperidine rings is 1. The molecular formula is C11H22N2OS. The third-order valence-electron chi connectivity index (χ3n) is 2.70. The van der Waals surface area contributed by atoms with Crippen molar-refractivity contribution in [1.82, 2.24) is 10.6 Å². The van der Waals surface area contributed by atoms with Crippen molar-refractivity contribution in [3.63, 3.8) is 0 Å². The van der Waals surface area contributed by atoms with Crippen molar-refractivity contribution < 1.29 is 4.79 Å². The molecule has 0 spiro atoms. The number of rotatable bonds is 5. The van der Waals surface area contributed by atoms with E-state index in [1.807, 2.05) is 11.8 Å². The molecule has 1 heterocycles. The van der Waals surface area contributed by atoms with Crippen LogP contribution in [0.15, 0.2) is 0 Å². The average Bonchev–Trinajstić information content (AvgIpc) is 2.27. The first-order valence-corrected chi connectivity index (χ1v) is 7.13. The smallest absolute Gasteiger partial charge is 0.237 e. The molecule has 1 fully saturated rings. The van der Waals surface area contributed by atoms with E-state index in [0.717, 1.165) is 25.3 Å². The van der Waals surface area contributed by atoms with E-state index in [0.29, 0.717) is 5.92 Å². The predicted octanol–water partition coefficient (Wildman–Crippen LogP) is 1.24. The molecule has 0 saturated carbocycles. The van der Waals surface area contributed by atoms with Gasteiger partial charge in [-0.25, -0.2) is 0 Å². The summed E-state index contributed by atoms with van der Waals surface area (Å²) in [6.45, 7) is 3.96. The lowest BCUT2D eigenvalue weighted by molar-refractivity contribution is -0.123. The van der Waals surface area contributed by atoms with E-state index in [1.165, 1.54) is 12.8 Å². The highest BCUT2D eigenvalue weighted by Crippen LogP contribution is 2.07. The minimum absolute atomic E-state index is 0.0558. The monoisotopic (exact) mass is 230 g/mol. The molecule has 0 aromatic carbocycles. The Hall–Kier alpha value is -0.220. The van der Waals surface area contributed by atoms with Gasteiger partial charge in [-0.2, -0.15) is 11.8 Å². The van der Waals surface area contributed by atoms with Crippen LogP contribution in [0.1, 0.15) is 26.2 Å². The maximum Gasteiger partial charge on any atom is 0.237 e. The maximum absolute atomic E-state index is 11.7. The van der Waals surface area contributed by atoms with Crippen molar-refractivity contribution >= 4 is 17.7 Å². The number of carbonyl (C=O) groups excluding carboxylic acids is 1. The summed E-state index contributed by atoms with van der Waals surface area (Å²) in [4.78, 5) is 11.7. The zero-order chi connectivity index (χ0) is 11.1. The summed E-state index contributed by atoms with van der Waals surface area (Å²) in [7, 11) is 0. The van der Waals surface area contributed by atoms with Gasteiger partial charge in [-0.15, -0.1) is 0 Å². The second kappa shape index (κ2) is 7.12. The van der Waals surface area contributed by atoms with E-state index in [1.54, 1.807) is 0 Å². The highest BCUT2D eigenvalue weighted by atomic mass is 32.2. The lowest BCUT2D eigenvalue weighted by atomic mass is 10.0. The Bertz CT molecular complexity index is 193. The number of nitrogens with one attached hydrogen (secondary N) is 2. The Morgan fingerprint density at radius 2 is 2.40 bits per heavy atom. The molecule has 15 heavy (non-hydrogen) atoms. The summed E-state index contributed by atoms with van der Waals surface area (Å²) in [5, 5.41) is 6.28. The van der Waals surface area contributed by atoms with Gasteiger partial charge < -0.3 is 10.6 Å². The molecule has 2 atom stereocenters. The highest BCUT2D eigenvalue weighted by Gasteiger charge is 2.20. The van der Waals surface area contributed by atoms with Gasteiger partial charge in [0.1, 0.15) is 0 Å². The Labute approximate surface area is 96.8 Å². The molecule has 0 radical (unpaired) electrons. The normalized spacial score (nSPS) is 23.5. The molecule has 4 heteroatoms. The number of carbonyl (C=O) groups is 1. The Kier molecular flexibility index (Phi) is 6.10. The minimum Gasteiger partial charge on any atom is -0.354 e. The molecule has 0 aliphatic carbocycles. The van der Waals surface area contributed by atoms with Gasteiger partial charge in [0.25, 0.3) is 0 Å². The molecule has 88 valence electrons. The fraction of sp³-hybridized carbons (Fsp3) is 0.909. The summed E-state index contributed by atoms with van der Waals surface area (Å²) in [5.41, 5.74) is 0. The van der Waals surface area contributed by atoms with Crippen LogP contribution in [-0.4, -0.2) is 37.0 Å². The third-order valence-corrected chi connectivity index (χ3v) is 3.61. The largest absolute Gasteiger partial charge is 0.354 e. The SMILES string of the molecule is CSCC(C)CNC(=O)C1CCCCN1. The van der Waals surface area contributed by atoms with Gasteiger partial charge in [0.15, 0.2) is 0 Å². The first kappa shape index (κ1) is 12.8. The Balaban J connectivity index is 2.16. The zero-order valence-electron chi connectivity index (χ0n) is 9.71. The molecule has 1 aliphatic rings. The molecular weight excluding hydrogens is 208 g/mol. The van der Waals surface area contributed by atoms with Gasteiger partial charge in [0.05, 0.1) is 6.04 Å². The fourth-order valence-corrected chi connectivity index (χ4v) is 2.50. The first-order chi connectivity index (χ1) is 7.24. The molecule has 0 bridgehead atoms. The van der Waals surface area contributed by atoms with E-state index in [4.69, 9.17) is 0 Å². The van der Waals surface area contributed by atoms with Crippen LogP contribution >= 0.6 is 11.8 Å². The predicted molar refractivity (Wildman–Crippen MR) is 66.2 cm³/mol. The summed E-state index contributed by atoms with van der Waals surface area (Å²) in [5.74, 6) is 1.86. The standard InChI is InChI=1S/C11H22N2OS/c1-9(8-15-2)7-13-11(14)10-5-3-4-6-12-10/h9-10,12H,3-8H2,1-2H3,(H,13,14). The van der Waals surface area contributed by atoms with Crippen molar-refractivity contribution in [1.29, 1.82) is 0 Å². The quantitative estimate of drug-likeness (QED) is 0.747. The molecule has 1 amide bonds. The van der Waals surface area contributed by atoms with E-state index in [-0.39, 0.29) is 11.9 Å². The minimum atomic E-state index is 0.0558. The van der Waals surface area contributed by atoms with Crippen molar-refractivity contribution in [3.8, 4) is 0 Å². The van der Waals surface area contributed by atoms with Crippen LogP contribution in [-0.2, 0) is 4.79 Å². The Morgan fingerprint density at radius 1 is 1.60 bits per heavy atom.